The number of β-lactam (4-membered cyclic amide) rings is 1. The van der Waals surface area contributed by atoms with Crippen molar-refractivity contribution in [3.05, 3.63) is 22.3 Å². The number of hydrogen-bond donors (Lipinski definition) is 2. The van der Waals surface area contributed by atoms with E-state index in [4.69, 9.17) is 14.3 Å². The van der Waals surface area contributed by atoms with Crippen molar-refractivity contribution in [2.75, 3.05) is 44.1 Å². The number of anilines is 1. The Morgan fingerprint density at radius 1 is 1.34 bits per heavy atom. The molecular formula is C20H23N5O8S2. The first-order valence-corrected chi connectivity index (χ1v) is 12.5. The first-order chi connectivity index (χ1) is 16.8. The van der Waals surface area contributed by atoms with Gasteiger partial charge in [0.25, 0.3) is 5.91 Å². The van der Waals surface area contributed by atoms with E-state index in [0.717, 1.165) is 11.8 Å². The van der Waals surface area contributed by atoms with Crippen LogP contribution >= 0.6 is 23.1 Å². The lowest BCUT2D eigenvalue weighted by molar-refractivity contribution is -0.149. The number of oxime groups is 1. The summed E-state index contributed by atoms with van der Waals surface area (Å²) < 4.78 is 10.6. The van der Waals surface area contributed by atoms with E-state index in [1.165, 1.54) is 30.2 Å². The molecule has 0 radical (unpaired) electrons. The fourth-order valence-electron chi connectivity index (χ4n) is 3.75. The van der Waals surface area contributed by atoms with E-state index >= 15 is 0 Å². The number of hydrogen-bond acceptors (Lipinski definition) is 12. The fraction of sp³-hybridized carbons (Fsp3) is 0.500. The number of nitrogens with zero attached hydrogens (tertiary/aromatic N) is 4. The number of ether oxygens (including phenoxy) is 2. The third-order valence-electron chi connectivity index (χ3n) is 5.36. The van der Waals surface area contributed by atoms with Crippen LogP contribution in [-0.2, 0) is 33.5 Å². The second-order valence-corrected chi connectivity index (χ2v) is 9.62. The lowest BCUT2D eigenvalue weighted by atomic mass is 10.1. The summed E-state index contributed by atoms with van der Waals surface area (Å²) >= 11 is 2.64. The molecule has 2 amide bonds. The summed E-state index contributed by atoms with van der Waals surface area (Å²) in [5, 5.41) is 18.1. The van der Waals surface area contributed by atoms with Crippen molar-refractivity contribution >= 4 is 57.7 Å². The van der Waals surface area contributed by atoms with Crippen molar-refractivity contribution < 1.29 is 38.6 Å². The number of esters is 1. The minimum absolute atomic E-state index is 0.0828. The summed E-state index contributed by atoms with van der Waals surface area (Å²) in [6.45, 7) is 3.58. The van der Waals surface area contributed by atoms with Gasteiger partial charge in [0.1, 0.15) is 18.5 Å². The van der Waals surface area contributed by atoms with E-state index in [9.17, 15) is 24.3 Å². The molecular weight excluding hydrogens is 502 g/mol. The van der Waals surface area contributed by atoms with Crippen molar-refractivity contribution in [2.45, 2.75) is 24.9 Å². The predicted molar refractivity (Wildman–Crippen MR) is 125 cm³/mol. The van der Waals surface area contributed by atoms with Crippen LogP contribution in [0.3, 0.4) is 0 Å². The van der Waals surface area contributed by atoms with Crippen LogP contribution in [0.4, 0.5) is 5.13 Å². The molecule has 0 bridgehead atoms. The molecule has 13 nitrogen and oxygen atoms in total. The van der Waals surface area contributed by atoms with Crippen LogP contribution in [-0.4, -0.2) is 95.2 Å². The van der Waals surface area contributed by atoms with E-state index in [0.29, 0.717) is 31.4 Å². The van der Waals surface area contributed by atoms with Crippen LogP contribution < -0.4 is 10.2 Å². The van der Waals surface area contributed by atoms with Gasteiger partial charge in [-0.15, -0.1) is 23.1 Å². The Labute approximate surface area is 208 Å². The minimum atomic E-state index is -1.44. The third kappa shape index (κ3) is 5.26. The third-order valence-corrected chi connectivity index (χ3v) is 7.50. The van der Waals surface area contributed by atoms with E-state index in [-0.39, 0.29) is 46.1 Å². The average Bonchev–Trinajstić information content (AvgIpc) is 3.31. The minimum Gasteiger partial charge on any atom is -0.477 e. The molecule has 35 heavy (non-hydrogen) atoms. The number of thiazole rings is 1. The first-order valence-electron chi connectivity index (χ1n) is 10.6. The molecule has 3 aliphatic heterocycles. The monoisotopic (exact) mass is 525 g/mol. The van der Waals surface area contributed by atoms with Crippen molar-refractivity contribution in [2.24, 2.45) is 5.16 Å². The van der Waals surface area contributed by atoms with Crippen LogP contribution in [0.25, 0.3) is 0 Å². The number of carbonyl (C=O) groups excluding carboxylic acids is 3. The molecule has 188 valence electrons. The van der Waals surface area contributed by atoms with Crippen molar-refractivity contribution in [1.29, 1.82) is 0 Å². The Kier molecular flexibility index (Phi) is 7.57. The van der Waals surface area contributed by atoms with Gasteiger partial charge >= 0.3 is 11.9 Å². The Bertz CT molecular complexity index is 1100. The summed E-state index contributed by atoms with van der Waals surface area (Å²) in [7, 11) is 1.27. The molecule has 4 heterocycles. The zero-order valence-electron chi connectivity index (χ0n) is 18.9. The molecule has 2 atom stereocenters. The molecule has 2 saturated heterocycles. The maximum absolute atomic E-state index is 13.2. The van der Waals surface area contributed by atoms with Crippen LogP contribution in [0.1, 0.15) is 19.0 Å². The molecule has 1 aromatic heterocycles. The zero-order valence-corrected chi connectivity index (χ0v) is 20.5. The second-order valence-electron chi connectivity index (χ2n) is 7.61. The Balaban J connectivity index is 1.61. The molecule has 0 aromatic carbocycles. The lowest BCUT2D eigenvalue weighted by Crippen LogP contribution is -2.56. The smallest absolute Gasteiger partial charge is 0.352 e. The maximum Gasteiger partial charge on any atom is 0.352 e. The molecule has 3 aliphatic rings. The summed E-state index contributed by atoms with van der Waals surface area (Å²) in [6, 6.07) is 0. The molecule has 0 saturated carbocycles. The van der Waals surface area contributed by atoms with Crippen molar-refractivity contribution in [1.82, 2.24) is 15.2 Å². The van der Waals surface area contributed by atoms with Gasteiger partial charge in [-0.2, -0.15) is 0 Å². The molecule has 1 unspecified atom stereocenters. The highest BCUT2D eigenvalue weighted by Gasteiger charge is 2.47. The quantitative estimate of drug-likeness (QED) is 0.154. The summed E-state index contributed by atoms with van der Waals surface area (Å²) in [4.78, 5) is 61.6. The summed E-state index contributed by atoms with van der Waals surface area (Å²) in [5.74, 6) is -3.11. The Morgan fingerprint density at radius 2 is 2.09 bits per heavy atom. The SMILES string of the molecule is CON=C(C(=O)NC(OC(C)=O)C1=C(C(=O)O)N2C(=O)C[C@H]2SC1)c1csc(N2CCOCC2)n1. The number of nitrogens with one attached hydrogen (secondary N) is 1. The molecule has 2 fully saturated rings. The standard InChI is InChI=1S/C20H23N5O8S2/c1-10(26)33-18(11-8-34-14-7-13(27)25(14)16(11)19(29)30)22-17(28)15(23-31-2)12-9-35-20(21-12)24-3-5-32-6-4-24/h9,14,18H,3-8H2,1-2H3,(H,22,28)(H,29,30)/t14-,18?/m1/s1. The Morgan fingerprint density at radius 3 is 2.71 bits per heavy atom. The van der Waals surface area contributed by atoms with Gasteiger partial charge in [0, 0.05) is 36.7 Å². The van der Waals surface area contributed by atoms with Gasteiger partial charge in [-0.1, -0.05) is 5.16 Å². The van der Waals surface area contributed by atoms with E-state index in [1.807, 2.05) is 4.90 Å². The van der Waals surface area contributed by atoms with Gasteiger partial charge in [-0.05, 0) is 0 Å². The number of carbonyl (C=O) groups is 4. The zero-order chi connectivity index (χ0) is 25.1. The van der Waals surface area contributed by atoms with Gasteiger partial charge in [-0.25, -0.2) is 9.78 Å². The number of carboxylic acids is 1. The number of amides is 2. The van der Waals surface area contributed by atoms with Gasteiger partial charge in [-0.3, -0.25) is 19.3 Å². The van der Waals surface area contributed by atoms with Crippen LogP contribution in [0.15, 0.2) is 21.8 Å². The topological polar surface area (TPSA) is 160 Å². The second kappa shape index (κ2) is 10.6. The van der Waals surface area contributed by atoms with Gasteiger partial charge in [0.15, 0.2) is 10.8 Å². The predicted octanol–water partition coefficient (Wildman–Crippen LogP) is -0.0205. The molecule has 1 aromatic rings. The number of carboxylic acid groups (broad SMARTS) is 1. The first kappa shape index (κ1) is 24.9. The van der Waals surface area contributed by atoms with E-state index < -0.39 is 24.1 Å². The highest BCUT2D eigenvalue weighted by Crippen LogP contribution is 2.41. The van der Waals surface area contributed by atoms with Crippen LogP contribution in [0.5, 0.6) is 0 Å². The average molecular weight is 526 g/mol. The molecule has 0 aliphatic carbocycles. The van der Waals surface area contributed by atoms with E-state index in [2.05, 4.69) is 15.5 Å². The van der Waals surface area contributed by atoms with Gasteiger partial charge in [0.2, 0.25) is 12.1 Å². The Hall–Kier alpha value is -3.17. The molecule has 0 spiro atoms. The van der Waals surface area contributed by atoms with Crippen molar-refractivity contribution in [3.8, 4) is 0 Å². The maximum atomic E-state index is 13.2. The fourth-order valence-corrected chi connectivity index (χ4v) is 5.91. The number of aliphatic carboxylic acids is 1. The number of rotatable bonds is 8. The van der Waals surface area contributed by atoms with Crippen molar-refractivity contribution in [3.63, 3.8) is 0 Å². The number of morpholine rings is 1. The highest BCUT2D eigenvalue weighted by atomic mass is 32.2. The highest BCUT2D eigenvalue weighted by molar-refractivity contribution is 8.00. The van der Waals surface area contributed by atoms with Gasteiger partial charge in [0.05, 0.1) is 25.0 Å². The van der Waals surface area contributed by atoms with Crippen LogP contribution in [0, 0.1) is 0 Å². The normalized spacial score (nSPS) is 21.1. The molecule has 2 N–H and O–H groups in total. The summed E-state index contributed by atoms with van der Waals surface area (Å²) in [6.07, 6.45) is -1.22. The van der Waals surface area contributed by atoms with E-state index in [1.54, 1.807) is 5.38 Å². The summed E-state index contributed by atoms with van der Waals surface area (Å²) in [5.41, 5.74) is -0.162. The number of fused-ring (bicyclic) bond motifs is 1. The number of aromatic nitrogens is 1. The number of thioether (sulfide) groups is 1. The molecule has 15 heteroatoms. The lowest BCUT2D eigenvalue weighted by Gasteiger charge is -2.44. The largest absolute Gasteiger partial charge is 0.477 e. The van der Waals surface area contributed by atoms with Crippen LogP contribution in [0.2, 0.25) is 0 Å². The molecule has 4 rings (SSSR count). The van der Waals surface area contributed by atoms with Gasteiger partial charge < -0.3 is 29.6 Å².